The highest BCUT2D eigenvalue weighted by Gasteiger charge is 2.22. The summed E-state index contributed by atoms with van der Waals surface area (Å²) in [6.45, 7) is 12.0. The van der Waals surface area contributed by atoms with Gasteiger partial charge >= 0.3 is 0 Å². The maximum Gasteiger partial charge on any atom is 0.00900 e. The maximum absolute atomic E-state index is 2.65. The number of rotatable bonds is 2. The molecule has 0 aromatic carbocycles. The molecule has 0 aliphatic carbocycles. The lowest BCUT2D eigenvalue weighted by atomic mass is 9.96. The van der Waals surface area contributed by atoms with E-state index in [1.54, 1.807) is 0 Å². The van der Waals surface area contributed by atoms with E-state index in [4.69, 9.17) is 0 Å². The maximum atomic E-state index is 2.65. The molecule has 1 heteroatoms. The van der Waals surface area contributed by atoms with Crippen LogP contribution in [0.15, 0.2) is 0 Å². The van der Waals surface area contributed by atoms with Crippen molar-refractivity contribution in [3.8, 4) is 0 Å². The summed E-state index contributed by atoms with van der Waals surface area (Å²) >= 11 is 0. The molecule has 1 aliphatic heterocycles. The fourth-order valence-electron chi connectivity index (χ4n) is 2.02. The smallest absolute Gasteiger partial charge is 0.00900 e. The van der Waals surface area contributed by atoms with Gasteiger partial charge in [-0.2, -0.15) is 0 Å². The number of hydrogen-bond acceptors (Lipinski definition) is 1. The van der Waals surface area contributed by atoms with Gasteiger partial charge in [-0.1, -0.05) is 20.8 Å². The van der Waals surface area contributed by atoms with E-state index >= 15 is 0 Å². The van der Waals surface area contributed by atoms with Gasteiger partial charge in [0.25, 0.3) is 0 Å². The molecule has 1 nitrogen and oxygen atoms in total. The topological polar surface area (TPSA) is 3.24 Å². The van der Waals surface area contributed by atoms with Crippen molar-refractivity contribution in [3.63, 3.8) is 0 Å². The third kappa shape index (κ3) is 2.48. The Hall–Kier alpha value is -0.0400. The number of nitrogens with zero attached hydrogens (tertiary/aromatic N) is 1. The summed E-state index contributed by atoms with van der Waals surface area (Å²) in [4.78, 5) is 2.65. The Balaban J connectivity index is 2.40. The second-order valence-corrected chi connectivity index (χ2v) is 4.73. The molecule has 0 saturated carbocycles. The predicted octanol–water partition coefficient (Wildman–Crippen LogP) is 2.76. The van der Waals surface area contributed by atoms with Crippen molar-refractivity contribution in [2.24, 2.45) is 11.8 Å². The third-order valence-electron chi connectivity index (χ3n) is 3.23. The van der Waals surface area contributed by atoms with Crippen molar-refractivity contribution >= 4 is 0 Å². The van der Waals surface area contributed by atoms with Crippen molar-refractivity contribution in [3.05, 3.63) is 0 Å². The Labute approximate surface area is 77.1 Å². The Morgan fingerprint density at radius 2 is 1.92 bits per heavy atom. The van der Waals surface area contributed by atoms with Crippen LogP contribution in [-0.2, 0) is 0 Å². The fourth-order valence-corrected chi connectivity index (χ4v) is 2.02. The minimum Gasteiger partial charge on any atom is -0.300 e. The number of hydrogen-bond donors (Lipinski definition) is 0. The normalized spacial score (nSPS) is 29.2. The summed E-state index contributed by atoms with van der Waals surface area (Å²) in [6.07, 6.45) is 2.83. The van der Waals surface area contributed by atoms with E-state index < -0.39 is 0 Å². The van der Waals surface area contributed by atoms with Gasteiger partial charge in [0.15, 0.2) is 0 Å². The van der Waals surface area contributed by atoms with Crippen molar-refractivity contribution in [2.45, 2.75) is 46.6 Å². The van der Waals surface area contributed by atoms with Crippen LogP contribution in [0.25, 0.3) is 0 Å². The molecule has 0 N–H and O–H groups in total. The van der Waals surface area contributed by atoms with Gasteiger partial charge in [0.05, 0.1) is 0 Å². The molecule has 1 heterocycles. The van der Waals surface area contributed by atoms with Gasteiger partial charge in [-0.3, -0.25) is 0 Å². The van der Waals surface area contributed by atoms with E-state index in [-0.39, 0.29) is 0 Å². The van der Waals surface area contributed by atoms with Crippen LogP contribution < -0.4 is 0 Å². The van der Waals surface area contributed by atoms with Crippen molar-refractivity contribution < 1.29 is 0 Å². The predicted molar refractivity (Wildman–Crippen MR) is 54.3 cm³/mol. The first-order chi connectivity index (χ1) is 5.61. The molecular formula is C11H23N. The van der Waals surface area contributed by atoms with Crippen LogP contribution in [-0.4, -0.2) is 24.0 Å². The second kappa shape index (κ2) is 4.27. The molecule has 1 aliphatic rings. The summed E-state index contributed by atoms with van der Waals surface area (Å²) in [5.74, 6) is 1.72. The van der Waals surface area contributed by atoms with Crippen LogP contribution >= 0.6 is 0 Å². The van der Waals surface area contributed by atoms with Gasteiger partial charge < -0.3 is 4.90 Å². The Bertz CT molecular complexity index is 131. The molecule has 12 heavy (non-hydrogen) atoms. The average Bonchev–Trinajstić information content (AvgIpc) is 2.03. The zero-order valence-electron chi connectivity index (χ0n) is 9.01. The van der Waals surface area contributed by atoms with Crippen LogP contribution in [0.5, 0.6) is 0 Å². The zero-order chi connectivity index (χ0) is 9.14. The molecule has 0 radical (unpaired) electrons. The van der Waals surface area contributed by atoms with Gasteiger partial charge in [0.1, 0.15) is 0 Å². The first kappa shape index (κ1) is 10.0. The molecule has 1 fully saturated rings. The Morgan fingerprint density at radius 1 is 1.25 bits per heavy atom. The SMILES string of the molecule is CC(C)[C@@H](C)N1CCC[C@@H](C)C1. The molecular weight excluding hydrogens is 146 g/mol. The first-order valence-corrected chi connectivity index (χ1v) is 5.35. The second-order valence-electron chi connectivity index (χ2n) is 4.73. The molecule has 0 unspecified atom stereocenters. The van der Waals surface area contributed by atoms with Gasteiger partial charge in [-0.25, -0.2) is 0 Å². The molecule has 1 rings (SSSR count). The van der Waals surface area contributed by atoms with Crippen molar-refractivity contribution in [2.75, 3.05) is 13.1 Å². The zero-order valence-corrected chi connectivity index (χ0v) is 9.01. The standard InChI is InChI=1S/C11H23N/c1-9(2)11(4)12-7-5-6-10(3)8-12/h9-11H,5-8H2,1-4H3/t10-,11-/m1/s1. The van der Waals surface area contributed by atoms with Gasteiger partial charge in [-0.15, -0.1) is 0 Å². The number of likely N-dealkylation sites (tertiary alicyclic amines) is 1. The molecule has 0 amide bonds. The Kier molecular flexibility index (Phi) is 3.57. The van der Waals surface area contributed by atoms with Gasteiger partial charge in [-0.05, 0) is 38.1 Å². The van der Waals surface area contributed by atoms with E-state index in [1.807, 2.05) is 0 Å². The van der Waals surface area contributed by atoms with Crippen LogP contribution in [0.1, 0.15) is 40.5 Å². The fraction of sp³-hybridized carbons (Fsp3) is 1.00. The highest BCUT2D eigenvalue weighted by molar-refractivity contribution is 4.76. The molecule has 2 atom stereocenters. The van der Waals surface area contributed by atoms with Crippen LogP contribution in [0, 0.1) is 11.8 Å². The highest BCUT2D eigenvalue weighted by Crippen LogP contribution is 2.20. The summed E-state index contributed by atoms with van der Waals surface area (Å²) < 4.78 is 0. The average molecular weight is 169 g/mol. The van der Waals surface area contributed by atoms with E-state index in [9.17, 15) is 0 Å². The molecule has 0 aromatic rings. The Morgan fingerprint density at radius 3 is 2.42 bits per heavy atom. The van der Waals surface area contributed by atoms with Gasteiger partial charge in [0, 0.05) is 12.6 Å². The molecule has 1 saturated heterocycles. The summed E-state index contributed by atoms with van der Waals surface area (Å²) in [7, 11) is 0. The van der Waals surface area contributed by atoms with Crippen LogP contribution in [0.4, 0.5) is 0 Å². The molecule has 0 aromatic heterocycles. The lowest BCUT2D eigenvalue weighted by Gasteiger charge is -2.37. The van der Waals surface area contributed by atoms with E-state index in [2.05, 4.69) is 32.6 Å². The first-order valence-electron chi connectivity index (χ1n) is 5.35. The van der Waals surface area contributed by atoms with E-state index in [0.29, 0.717) is 0 Å². The van der Waals surface area contributed by atoms with E-state index in [0.717, 1.165) is 17.9 Å². The summed E-state index contributed by atoms with van der Waals surface area (Å²) in [5.41, 5.74) is 0. The van der Waals surface area contributed by atoms with Crippen molar-refractivity contribution in [1.82, 2.24) is 4.90 Å². The summed E-state index contributed by atoms with van der Waals surface area (Å²) in [6, 6.07) is 0.771. The van der Waals surface area contributed by atoms with Crippen molar-refractivity contribution in [1.29, 1.82) is 0 Å². The highest BCUT2D eigenvalue weighted by atomic mass is 15.2. The monoisotopic (exact) mass is 169 g/mol. The third-order valence-corrected chi connectivity index (χ3v) is 3.23. The molecule has 0 spiro atoms. The minimum atomic E-state index is 0.771. The van der Waals surface area contributed by atoms with Crippen LogP contribution in [0.3, 0.4) is 0 Å². The number of piperidine rings is 1. The molecule has 72 valence electrons. The van der Waals surface area contributed by atoms with E-state index in [1.165, 1.54) is 25.9 Å². The lowest BCUT2D eigenvalue weighted by molar-refractivity contribution is 0.112. The summed E-state index contributed by atoms with van der Waals surface area (Å²) in [5, 5.41) is 0. The largest absolute Gasteiger partial charge is 0.300 e. The van der Waals surface area contributed by atoms with Gasteiger partial charge in [0.2, 0.25) is 0 Å². The molecule has 0 bridgehead atoms. The lowest BCUT2D eigenvalue weighted by Crippen LogP contribution is -2.42. The quantitative estimate of drug-likeness (QED) is 0.614. The van der Waals surface area contributed by atoms with Crippen LogP contribution in [0.2, 0.25) is 0 Å². The minimum absolute atomic E-state index is 0.771.